The van der Waals surface area contributed by atoms with Crippen molar-refractivity contribution in [2.45, 2.75) is 18.9 Å². The molecule has 1 aromatic carbocycles. The highest BCUT2D eigenvalue weighted by Crippen LogP contribution is 2.31. The second-order valence-corrected chi connectivity index (χ2v) is 5.72. The number of anilines is 1. The number of morpholine rings is 1. The first-order chi connectivity index (χ1) is 10.3. The van der Waals surface area contributed by atoms with Crippen LogP contribution in [0, 0.1) is 0 Å². The van der Waals surface area contributed by atoms with Gasteiger partial charge in [-0.25, -0.2) is 0 Å². The molecule has 2 aliphatic rings. The fraction of sp³-hybridized carbons (Fsp3) is 0.562. The molecular formula is C16H23N3O2. The largest absolute Gasteiger partial charge is 0.378 e. The number of carbonyl (C=O) groups excluding carboxylic acids is 1. The van der Waals surface area contributed by atoms with Gasteiger partial charge in [-0.05, 0) is 24.5 Å². The minimum Gasteiger partial charge on any atom is -0.378 e. The van der Waals surface area contributed by atoms with Gasteiger partial charge in [-0.1, -0.05) is 18.2 Å². The van der Waals surface area contributed by atoms with Crippen LogP contribution in [0.25, 0.3) is 0 Å². The van der Waals surface area contributed by atoms with E-state index in [4.69, 9.17) is 10.5 Å². The van der Waals surface area contributed by atoms with Crippen molar-refractivity contribution >= 4 is 11.6 Å². The van der Waals surface area contributed by atoms with Crippen molar-refractivity contribution < 1.29 is 9.53 Å². The molecule has 3 rings (SSSR count). The Morgan fingerprint density at radius 1 is 1.24 bits per heavy atom. The van der Waals surface area contributed by atoms with Crippen LogP contribution in [0.1, 0.15) is 24.4 Å². The van der Waals surface area contributed by atoms with E-state index in [9.17, 15) is 4.79 Å². The van der Waals surface area contributed by atoms with Crippen molar-refractivity contribution in [3.8, 4) is 0 Å². The van der Waals surface area contributed by atoms with Crippen LogP contribution in [0.15, 0.2) is 24.3 Å². The smallest absolute Gasteiger partial charge is 0.242 e. The second kappa shape index (κ2) is 6.45. The van der Waals surface area contributed by atoms with Crippen LogP contribution in [0.2, 0.25) is 0 Å². The molecule has 5 nitrogen and oxygen atoms in total. The van der Waals surface area contributed by atoms with Gasteiger partial charge >= 0.3 is 0 Å². The van der Waals surface area contributed by atoms with Crippen LogP contribution in [0.3, 0.4) is 0 Å². The van der Waals surface area contributed by atoms with Crippen molar-refractivity contribution in [1.29, 1.82) is 0 Å². The lowest BCUT2D eigenvalue weighted by molar-refractivity contribution is -0.133. The summed E-state index contributed by atoms with van der Waals surface area (Å²) in [6.45, 7) is 4.02. The Morgan fingerprint density at radius 3 is 2.81 bits per heavy atom. The number of benzene rings is 1. The Labute approximate surface area is 125 Å². The minimum atomic E-state index is 0.0738. The van der Waals surface area contributed by atoms with E-state index < -0.39 is 0 Å². The predicted octanol–water partition coefficient (Wildman–Crippen LogP) is 1.15. The maximum Gasteiger partial charge on any atom is 0.242 e. The average Bonchev–Trinajstić information content (AvgIpc) is 2.69. The van der Waals surface area contributed by atoms with Crippen LogP contribution >= 0.6 is 0 Å². The van der Waals surface area contributed by atoms with Crippen LogP contribution in [-0.4, -0.2) is 50.2 Å². The van der Waals surface area contributed by atoms with E-state index in [1.54, 1.807) is 0 Å². The molecule has 1 saturated heterocycles. The number of para-hydroxylation sites is 1. The van der Waals surface area contributed by atoms with Gasteiger partial charge in [-0.15, -0.1) is 0 Å². The molecule has 0 radical (unpaired) electrons. The number of ether oxygens (including phenoxy) is 1. The lowest BCUT2D eigenvalue weighted by atomic mass is 10.0. The molecular weight excluding hydrogens is 266 g/mol. The van der Waals surface area contributed by atoms with E-state index >= 15 is 0 Å². The van der Waals surface area contributed by atoms with Gasteiger partial charge in [0.2, 0.25) is 5.91 Å². The van der Waals surface area contributed by atoms with Crippen LogP contribution in [0.5, 0.6) is 0 Å². The monoisotopic (exact) mass is 289 g/mol. The summed E-state index contributed by atoms with van der Waals surface area (Å²) in [5.41, 5.74) is 8.52. The highest BCUT2D eigenvalue weighted by molar-refractivity contribution is 5.82. The van der Waals surface area contributed by atoms with Gasteiger partial charge < -0.3 is 20.3 Å². The second-order valence-electron chi connectivity index (χ2n) is 5.72. The molecule has 0 aromatic heterocycles. The van der Waals surface area contributed by atoms with Gasteiger partial charge in [-0.2, -0.15) is 0 Å². The minimum absolute atomic E-state index is 0.0738. The SMILES string of the molecule is NC1CCCN(CC(=O)N2CCOCC2)c2ccccc21. The van der Waals surface area contributed by atoms with Gasteiger partial charge in [0.1, 0.15) is 0 Å². The average molecular weight is 289 g/mol. The molecule has 1 aromatic rings. The molecule has 1 unspecified atom stereocenters. The zero-order chi connectivity index (χ0) is 14.7. The summed E-state index contributed by atoms with van der Waals surface area (Å²) >= 11 is 0. The summed E-state index contributed by atoms with van der Waals surface area (Å²) < 4.78 is 5.31. The number of amides is 1. The summed E-state index contributed by atoms with van der Waals surface area (Å²) in [5.74, 6) is 0.184. The molecule has 1 atom stereocenters. The van der Waals surface area contributed by atoms with Gasteiger partial charge in [-0.3, -0.25) is 4.79 Å². The zero-order valence-corrected chi connectivity index (χ0v) is 12.3. The molecule has 1 fully saturated rings. The summed E-state index contributed by atoms with van der Waals surface area (Å²) in [5, 5.41) is 0. The summed E-state index contributed by atoms with van der Waals surface area (Å²) in [4.78, 5) is 16.5. The summed E-state index contributed by atoms with van der Waals surface area (Å²) in [6, 6.07) is 8.27. The number of hydrogen-bond donors (Lipinski definition) is 1. The quantitative estimate of drug-likeness (QED) is 0.887. The Kier molecular flexibility index (Phi) is 4.41. The normalized spacial score (nSPS) is 22.6. The van der Waals surface area contributed by atoms with Crippen molar-refractivity contribution in [2.24, 2.45) is 5.73 Å². The standard InChI is InChI=1S/C16H23N3O2/c17-14-5-3-7-19(15-6-2-1-4-13(14)15)12-16(20)18-8-10-21-11-9-18/h1-2,4,6,14H,3,5,7-12,17H2. The molecule has 0 spiro atoms. The van der Waals surface area contributed by atoms with E-state index in [1.807, 2.05) is 17.0 Å². The van der Waals surface area contributed by atoms with Crippen LogP contribution in [-0.2, 0) is 9.53 Å². The fourth-order valence-electron chi connectivity index (χ4n) is 3.11. The third kappa shape index (κ3) is 3.19. The Morgan fingerprint density at radius 2 is 2.00 bits per heavy atom. The first-order valence-electron chi connectivity index (χ1n) is 7.70. The third-order valence-electron chi connectivity index (χ3n) is 4.31. The Bertz CT molecular complexity index is 500. The number of hydrogen-bond acceptors (Lipinski definition) is 4. The van der Waals surface area contributed by atoms with E-state index in [0.717, 1.165) is 30.6 Å². The van der Waals surface area contributed by atoms with Crippen LogP contribution < -0.4 is 10.6 Å². The Balaban J connectivity index is 1.75. The molecule has 0 aliphatic carbocycles. The van der Waals surface area contributed by atoms with Gasteiger partial charge in [0.15, 0.2) is 0 Å². The van der Waals surface area contributed by atoms with Crippen LogP contribution in [0.4, 0.5) is 5.69 Å². The van der Waals surface area contributed by atoms with Gasteiger partial charge in [0, 0.05) is 31.4 Å². The number of nitrogens with zero attached hydrogens (tertiary/aromatic N) is 2. The van der Waals surface area contributed by atoms with E-state index in [2.05, 4.69) is 17.0 Å². The molecule has 0 bridgehead atoms. The third-order valence-corrected chi connectivity index (χ3v) is 4.31. The van der Waals surface area contributed by atoms with Crippen molar-refractivity contribution in [3.63, 3.8) is 0 Å². The van der Waals surface area contributed by atoms with Crippen molar-refractivity contribution in [3.05, 3.63) is 29.8 Å². The van der Waals surface area contributed by atoms with Crippen molar-refractivity contribution in [1.82, 2.24) is 4.90 Å². The molecule has 2 heterocycles. The lowest BCUT2D eigenvalue weighted by Gasteiger charge is -2.31. The number of carbonyl (C=O) groups is 1. The van der Waals surface area contributed by atoms with E-state index in [1.165, 1.54) is 0 Å². The number of fused-ring (bicyclic) bond motifs is 1. The molecule has 2 N–H and O–H groups in total. The van der Waals surface area contributed by atoms with E-state index in [-0.39, 0.29) is 11.9 Å². The van der Waals surface area contributed by atoms with Gasteiger partial charge in [0.25, 0.3) is 0 Å². The highest BCUT2D eigenvalue weighted by atomic mass is 16.5. The maximum atomic E-state index is 12.5. The number of nitrogens with two attached hydrogens (primary N) is 1. The molecule has 1 amide bonds. The summed E-state index contributed by atoms with van der Waals surface area (Å²) in [6.07, 6.45) is 1.99. The molecule has 114 valence electrons. The lowest BCUT2D eigenvalue weighted by Crippen LogP contribution is -2.46. The fourth-order valence-corrected chi connectivity index (χ4v) is 3.11. The van der Waals surface area contributed by atoms with E-state index in [0.29, 0.717) is 32.8 Å². The molecule has 2 aliphatic heterocycles. The molecule has 21 heavy (non-hydrogen) atoms. The first-order valence-corrected chi connectivity index (χ1v) is 7.70. The van der Waals surface area contributed by atoms with Crippen molar-refractivity contribution in [2.75, 3.05) is 44.3 Å². The first kappa shape index (κ1) is 14.4. The highest BCUT2D eigenvalue weighted by Gasteiger charge is 2.24. The number of rotatable bonds is 2. The summed E-state index contributed by atoms with van der Waals surface area (Å²) in [7, 11) is 0. The topological polar surface area (TPSA) is 58.8 Å². The Hall–Kier alpha value is -1.59. The molecule has 5 heteroatoms. The zero-order valence-electron chi connectivity index (χ0n) is 12.3. The maximum absolute atomic E-state index is 12.5. The predicted molar refractivity (Wildman–Crippen MR) is 82.2 cm³/mol. The molecule has 0 saturated carbocycles. The van der Waals surface area contributed by atoms with Gasteiger partial charge in [0.05, 0.1) is 19.8 Å².